The zero-order valence-corrected chi connectivity index (χ0v) is 11.5. The molecular weight excluding hydrogens is 242 g/mol. The molecule has 0 aromatic carbocycles. The van der Waals surface area contributed by atoms with E-state index in [4.69, 9.17) is 5.84 Å². The third kappa shape index (κ3) is 3.20. The maximum atomic E-state index is 12.3. The summed E-state index contributed by atoms with van der Waals surface area (Å²) < 4.78 is 0. The summed E-state index contributed by atoms with van der Waals surface area (Å²) in [6, 6.07) is 0.311. The first kappa shape index (κ1) is 13.7. The van der Waals surface area contributed by atoms with E-state index in [-0.39, 0.29) is 5.91 Å². The van der Waals surface area contributed by atoms with Crippen LogP contribution in [0.2, 0.25) is 0 Å². The van der Waals surface area contributed by atoms with Crippen molar-refractivity contribution in [2.24, 2.45) is 11.8 Å². The van der Waals surface area contributed by atoms with Crippen LogP contribution >= 0.6 is 0 Å². The van der Waals surface area contributed by atoms with Crippen LogP contribution in [0.15, 0.2) is 12.4 Å². The molecule has 3 N–H and O–H groups in total. The van der Waals surface area contributed by atoms with Crippen LogP contribution in [-0.2, 0) is 0 Å². The smallest absolute Gasteiger partial charge is 0.274 e. The predicted octanol–water partition coefficient (Wildman–Crippen LogP) is 1.41. The molecule has 0 spiro atoms. The largest absolute Gasteiger partial charge is 0.337 e. The molecule has 19 heavy (non-hydrogen) atoms. The van der Waals surface area contributed by atoms with Gasteiger partial charge in [-0.05, 0) is 18.8 Å². The number of hydrazine groups is 1. The van der Waals surface area contributed by atoms with E-state index in [1.165, 1.54) is 25.2 Å². The Morgan fingerprint density at radius 1 is 1.42 bits per heavy atom. The van der Waals surface area contributed by atoms with Crippen molar-refractivity contribution >= 4 is 11.7 Å². The van der Waals surface area contributed by atoms with E-state index in [1.54, 1.807) is 4.90 Å². The quantitative estimate of drug-likeness (QED) is 0.636. The topological polar surface area (TPSA) is 84.1 Å². The van der Waals surface area contributed by atoms with Crippen LogP contribution in [0.1, 0.15) is 43.1 Å². The number of nitrogens with one attached hydrogen (secondary N) is 1. The molecular formula is C13H21N5O. The van der Waals surface area contributed by atoms with Crippen LogP contribution in [-0.4, -0.2) is 33.9 Å². The van der Waals surface area contributed by atoms with Crippen molar-refractivity contribution in [1.29, 1.82) is 0 Å². The Balaban J connectivity index is 2.05. The van der Waals surface area contributed by atoms with Gasteiger partial charge in [-0.1, -0.05) is 19.8 Å². The van der Waals surface area contributed by atoms with Crippen LogP contribution in [0, 0.1) is 5.92 Å². The van der Waals surface area contributed by atoms with E-state index in [1.807, 2.05) is 7.05 Å². The molecule has 1 aromatic heterocycles. The van der Waals surface area contributed by atoms with Gasteiger partial charge in [0.1, 0.15) is 5.69 Å². The number of hydrogen-bond acceptors (Lipinski definition) is 5. The second-order valence-corrected chi connectivity index (χ2v) is 5.27. The molecule has 1 aromatic rings. The van der Waals surface area contributed by atoms with Crippen LogP contribution in [0.3, 0.4) is 0 Å². The summed E-state index contributed by atoms with van der Waals surface area (Å²) in [5, 5.41) is 0. The first-order valence-corrected chi connectivity index (χ1v) is 6.67. The van der Waals surface area contributed by atoms with Crippen molar-refractivity contribution in [2.45, 2.75) is 38.6 Å². The minimum atomic E-state index is -0.0739. The zero-order chi connectivity index (χ0) is 13.8. The molecule has 2 rings (SSSR count). The number of nitrogens with two attached hydrogens (primary N) is 1. The number of nitrogens with zero attached hydrogens (tertiary/aromatic N) is 3. The first-order valence-electron chi connectivity index (χ1n) is 6.67. The van der Waals surface area contributed by atoms with Gasteiger partial charge in [-0.25, -0.2) is 15.8 Å². The molecule has 1 aliphatic carbocycles. The molecule has 6 heteroatoms. The number of anilines is 1. The highest BCUT2D eigenvalue weighted by molar-refractivity contribution is 5.92. The fraction of sp³-hybridized carbons (Fsp3) is 0.615. The summed E-state index contributed by atoms with van der Waals surface area (Å²) >= 11 is 0. The average Bonchev–Trinajstić information content (AvgIpc) is 2.46. The molecule has 1 saturated carbocycles. The molecule has 104 valence electrons. The number of carbonyl (C=O) groups excluding carboxylic acids is 1. The summed E-state index contributed by atoms with van der Waals surface area (Å²) in [6.45, 7) is 2.24. The molecule has 1 heterocycles. The summed E-state index contributed by atoms with van der Waals surface area (Å²) in [4.78, 5) is 22.2. The lowest BCUT2D eigenvalue weighted by molar-refractivity contribution is 0.0666. The van der Waals surface area contributed by atoms with Gasteiger partial charge in [0.2, 0.25) is 0 Å². The van der Waals surface area contributed by atoms with E-state index >= 15 is 0 Å². The molecule has 6 nitrogen and oxygen atoms in total. The second kappa shape index (κ2) is 5.97. The number of amides is 1. The van der Waals surface area contributed by atoms with Crippen LogP contribution in [0.5, 0.6) is 0 Å². The van der Waals surface area contributed by atoms with Crippen LogP contribution in [0.25, 0.3) is 0 Å². The maximum Gasteiger partial charge on any atom is 0.274 e. The molecule has 1 amide bonds. The van der Waals surface area contributed by atoms with Crippen molar-refractivity contribution in [3.05, 3.63) is 18.1 Å². The van der Waals surface area contributed by atoms with Gasteiger partial charge < -0.3 is 10.3 Å². The van der Waals surface area contributed by atoms with Gasteiger partial charge >= 0.3 is 0 Å². The Morgan fingerprint density at radius 2 is 2.21 bits per heavy atom. The third-order valence-electron chi connectivity index (χ3n) is 3.80. The lowest BCUT2D eigenvalue weighted by Crippen LogP contribution is -2.40. The number of hydrogen-bond donors (Lipinski definition) is 2. The molecule has 0 saturated heterocycles. The van der Waals surface area contributed by atoms with E-state index in [2.05, 4.69) is 22.3 Å². The van der Waals surface area contributed by atoms with Gasteiger partial charge in [0.05, 0.1) is 12.4 Å². The van der Waals surface area contributed by atoms with Gasteiger partial charge in [-0.2, -0.15) is 0 Å². The van der Waals surface area contributed by atoms with Gasteiger partial charge in [0.25, 0.3) is 5.91 Å². The van der Waals surface area contributed by atoms with Gasteiger partial charge in [-0.15, -0.1) is 0 Å². The van der Waals surface area contributed by atoms with E-state index < -0.39 is 0 Å². The number of nitrogen functional groups attached to an aromatic ring is 1. The highest BCUT2D eigenvalue weighted by atomic mass is 16.2. The lowest BCUT2D eigenvalue weighted by Gasteiger charge is -2.33. The number of rotatable bonds is 3. The average molecular weight is 263 g/mol. The maximum absolute atomic E-state index is 12.3. The fourth-order valence-electron chi connectivity index (χ4n) is 2.61. The summed E-state index contributed by atoms with van der Waals surface area (Å²) in [5.41, 5.74) is 2.75. The Bertz CT molecular complexity index is 433. The highest BCUT2D eigenvalue weighted by Gasteiger charge is 2.26. The summed E-state index contributed by atoms with van der Waals surface area (Å²) in [6.07, 6.45) is 7.51. The zero-order valence-electron chi connectivity index (χ0n) is 11.5. The van der Waals surface area contributed by atoms with E-state index in [9.17, 15) is 4.79 Å². The summed E-state index contributed by atoms with van der Waals surface area (Å²) in [5.74, 6) is 6.28. The standard InChI is InChI=1S/C13H21N5O/c1-9-4-3-5-10(6-9)18(2)13(19)11-7-16-12(17-14)8-15-11/h7-10H,3-6,14H2,1-2H3,(H,16,17). The highest BCUT2D eigenvalue weighted by Crippen LogP contribution is 2.27. The predicted molar refractivity (Wildman–Crippen MR) is 73.4 cm³/mol. The molecule has 1 aliphatic rings. The van der Waals surface area contributed by atoms with Crippen molar-refractivity contribution in [3.8, 4) is 0 Å². The third-order valence-corrected chi connectivity index (χ3v) is 3.80. The Hall–Kier alpha value is -1.69. The molecule has 0 radical (unpaired) electrons. The molecule has 0 bridgehead atoms. The SMILES string of the molecule is CC1CCCC(N(C)C(=O)c2cnc(NN)cn2)C1. The Labute approximate surface area is 113 Å². The summed E-state index contributed by atoms with van der Waals surface area (Å²) in [7, 11) is 1.85. The minimum absolute atomic E-state index is 0.0739. The second-order valence-electron chi connectivity index (χ2n) is 5.27. The number of aromatic nitrogens is 2. The Kier molecular flexibility index (Phi) is 4.31. The fourth-order valence-corrected chi connectivity index (χ4v) is 2.61. The van der Waals surface area contributed by atoms with Gasteiger partial charge in [0, 0.05) is 13.1 Å². The van der Waals surface area contributed by atoms with Crippen molar-refractivity contribution in [1.82, 2.24) is 14.9 Å². The molecule has 0 aliphatic heterocycles. The normalized spacial score (nSPS) is 22.9. The molecule has 1 fully saturated rings. The van der Waals surface area contributed by atoms with Crippen molar-refractivity contribution in [2.75, 3.05) is 12.5 Å². The van der Waals surface area contributed by atoms with E-state index in [0.717, 1.165) is 12.8 Å². The van der Waals surface area contributed by atoms with Crippen LogP contribution < -0.4 is 11.3 Å². The van der Waals surface area contributed by atoms with E-state index in [0.29, 0.717) is 23.5 Å². The van der Waals surface area contributed by atoms with Gasteiger partial charge in [0.15, 0.2) is 5.82 Å². The molecule has 2 unspecified atom stereocenters. The van der Waals surface area contributed by atoms with Crippen molar-refractivity contribution < 1.29 is 4.79 Å². The number of carbonyl (C=O) groups is 1. The van der Waals surface area contributed by atoms with Crippen LogP contribution in [0.4, 0.5) is 5.82 Å². The monoisotopic (exact) mass is 263 g/mol. The first-order chi connectivity index (χ1) is 9.11. The lowest BCUT2D eigenvalue weighted by atomic mass is 9.86. The Morgan fingerprint density at radius 3 is 2.79 bits per heavy atom. The van der Waals surface area contributed by atoms with Gasteiger partial charge in [-0.3, -0.25) is 4.79 Å². The minimum Gasteiger partial charge on any atom is -0.337 e. The molecule has 2 atom stereocenters. The van der Waals surface area contributed by atoms with Crippen molar-refractivity contribution in [3.63, 3.8) is 0 Å².